The molecule has 6 heterocycles. The zero-order chi connectivity index (χ0) is 53.8. The fraction of sp³-hybridized carbons (Fsp3) is 0.386. The molecule has 1 aliphatic heterocycles. The number of benzene rings is 2. The van der Waals surface area contributed by atoms with Crippen LogP contribution in [0.15, 0.2) is 94.6 Å². The van der Waals surface area contributed by atoms with E-state index in [0.29, 0.717) is 48.2 Å². The van der Waals surface area contributed by atoms with Gasteiger partial charge in [0.15, 0.2) is 5.39 Å². The van der Waals surface area contributed by atoms with Crippen molar-refractivity contribution >= 4 is 75.2 Å². The van der Waals surface area contributed by atoms with Gasteiger partial charge in [0.25, 0.3) is 5.91 Å². The molecular weight excluding hydrogens is 1020 g/mol. The second-order valence-corrected chi connectivity index (χ2v) is 23.4. The molecule has 0 unspecified atom stereocenters. The minimum Gasteiger partial charge on any atom is -1.00 e. The van der Waals surface area contributed by atoms with Crippen molar-refractivity contribution in [3.8, 4) is 0 Å². The van der Waals surface area contributed by atoms with Gasteiger partial charge in [-0.3, -0.25) is 9.59 Å². The number of anilines is 3. The maximum atomic E-state index is 13.2. The van der Waals surface area contributed by atoms with Gasteiger partial charge in [0.1, 0.15) is 6.04 Å². The normalized spacial score (nSPS) is 14.0. The van der Waals surface area contributed by atoms with Gasteiger partial charge in [-0.2, -0.15) is 15.3 Å². The van der Waals surface area contributed by atoms with Crippen molar-refractivity contribution in [1.82, 2.24) is 9.97 Å². The van der Waals surface area contributed by atoms with Gasteiger partial charge in [-0.05, 0) is 133 Å². The second-order valence-electron chi connectivity index (χ2n) is 21.1. The number of aromatic carboxylic acids is 2. The number of carboxylic acids is 2. The van der Waals surface area contributed by atoms with Crippen LogP contribution < -0.4 is 63.8 Å². The van der Waals surface area contributed by atoms with Crippen molar-refractivity contribution in [3.63, 3.8) is 0 Å². The van der Waals surface area contributed by atoms with E-state index < -0.39 is 22.8 Å². The van der Waals surface area contributed by atoms with Crippen molar-refractivity contribution in [1.29, 1.82) is 0 Å². The van der Waals surface area contributed by atoms with Crippen LogP contribution in [-0.4, -0.2) is 40.3 Å². The van der Waals surface area contributed by atoms with Crippen LogP contribution in [-0.2, 0) is 35.3 Å². The maximum Gasteiger partial charge on any atom is 0.451 e. The highest BCUT2D eigenvalue weighted by molar-refractivity contribution is 7.14. The average Bonchev–Trinajstić information content (AvgIpc) is 3.93. The van der Waals surface area contributed by atoms with E-state index in [0.717, 1.165) is 50.4 Å². The molecule has 16 nitrogen and oxygen atoms in total. The molecule has 3 atom stereocenters. The Bertz CT molecular complexity index is 3340. The summed E-state index contributed by atoms with van der Waals surface area (Å²) in [5.74, 6) is -1.33. The number of carboxylic acid groups (broad SMARTS) is 2. The van der Waals surface area contributed by atoms with Crippen molar-refractivity contribution in [2.24, 2.45) is 16.7 Å². The Morgan fingerprint density at radius 2 is 1.24 bits per heavy atom. The summed E-state index contributed by atoms with van der Waals surface area (Å²) < 4.78 is 2.01. The van der Waals surface area contributed by atoms with Gasteiger partial charge in [-0.25, -0.2) is 29.4 Å². The van der Waals surface area contributed by atoms with Crippen LogP contribution in [0.25, 0.3) is 11.0 Å². The number of aryl methyl sites for hydroxylation is 5. The molecule has 2 aromatic carbocycles. The number of aromatic amines is 4. The van der Waals surface area contributed by atoms with Gasteiger partial charge in [-0.15, -0.1) is 22.7 Å². The number of carbonyl (C=O) groups excluding carboxylic acids is 4. The van der Waals surface area contributed by atoms with E-state index in [9.17, 15) is 39.0 Å². The Hall–Kier alpha value is -7.02. The standard InChI is InChI=1S/C28H34N4O4S.C28H30N4O4S.CH4.ClH/c2*1-16-13-22(25(34)35)37-21(16)12-11-18-14-20-23(32(15-18)17(2)19-9-7-6-8-10-19)29-27(30-24(20)33)31-26(36)28(3,4)5;;/h6-10,13,17-18H,11-12,14-15H2,1-5H3,(H,34,35)(H2,29,30,31,33,36);6-10,13-15,17H,11-12H2,1-5H3,(H2,30,31,33,34,35,36);1H4;1H/t17-,18+;17-;;/m11../s1. The summed E-state index contributed by atoms with van der Waals surface area (Å²) in [5.41, 5.74) is 4.45. The first-order valence-corrected chi connectivity index (χ1v) is 26.3. The van der Waals surface area contributed by atoms with Gasteiger partial charge in [-0.1, -0.05) is 88.9 Å². The lowest BCUT2D eigenvalue weighted by Gasteiger charge is -2.36. The number of H-pyrrole nitrogens is 4. The van der Waals surface area contributed by atoms with E-state index in [1.54, 1.807) is 32.9 Å². The number of rotatable bonds is 14. The second kappa shape index (κ2) is 24.8. The van der Waals surface area contributed by atoms with Gasteiger partial charge >= 0.3 is 34.6 Å². The Morgan fingerprint density at radius 1 is 0.737 bits per heavy atom. The summed E-state index contributed by atoms with van der Waals surface area (Å²) in [6.07, 6.45) is 5.40. The van der Waals surface area contributed by atoms with E-state index in [1.165, 1.54) is 22.7 Å². The molecule has 76 heavy (non-hydrogen) atoms. The summed E-state index contributed by atoms with van der Waals surface area (Å²) >= 11 is 2.50. The van der Waals surface area contributed by atoms with E-state index in [4.69, 9.17) is 0 Å². The topological polar surface area (TPSA) is 240 Å². The van der Waals surface area contributed by atoms with Crippen molar-refractivity contribution in [2.45, 2.75) is 121 Å². The maximum absolute atomic E-state index is 13.2. The molecule has 0 saturated heterocycles. The first-order chi connectivity index (χ1) is 34.9. The monoisotopic (exact) mass is 1090 g/mol. The zero-order valence-electron chi connectivity index (χ0n) is 43.9. The number of aromatic nitrogens is 5. The fourth-order valence-corrected chi connectivity index (χ4v) is 10.9. The predicted molar refractivity (Wildman–Crippen MR) is 290 cm³/mol. The third-order valence-corrected chi connectivity index (χ3v) is 15.9. The zero-order valence-corrected chi connectivity index (χ0v) is 46.3. The molecular formula is C57H69ClN8O8S2. The van der Waals surface area contributed by atoms with E-state index in [2.05, 4.69) is 61.4 Å². The molecule has 2 amide bonds. The summed E-state index contributed by atoms with van der Waals surface area (Å²) in [6, 6.07) is 25.1. The van der Waals surface area contributed by atoms with Crippen molar-refractivity contribution in [3.05, 3.63) is 159 Å². The number of amides is 2. The van der Waals surface area contributed by atoms with E-state index >= 15 is 0 Å². The molecule has 0 saturated carbocycles. The fourth-order valence-electron chi connectivity index (χ4n) is 8.84. The largest absolute Gasteiger partial charge is 1.00 e. The van der Waals surface area contributed by atoms with Crippen LogP contribution in [0.3, 0.4) is 0 Å². The Balaban J connectivity index is 0.000000274. The summed E-state index contributed by atoms with van der Waals surface area (Å²) in [7, 11) is 0. The van der Waals surface area contributed by atoms with Gasteiger partial charge in [0.2, 0.25) is 5.82 Å². The Morgan fingerprint density at radius 3 is 1.75 bits per heavy atom. The molecule has 404 valence electrons. The minimum atomic E-state index is -1.17. The lowest BCUT2D eigenvalue weighted by molar-refractivity contribution is -0.716. The van der Waals surface area contributed by atoms with Gasteiger partial charge < -0.3 is 37.1 Å². The van der Waals surface area contributed by atoms with Crippen molar-refractivity contribution in [2.75, 3.05) is 22.1 Å². The van der Waals surface area contributed by atoms with Crippen LogP contribution in [0, 0.1) is 30.6 Å². The Labute approximate surface area is 457 Å². The highest BCUT2D eigenvalue weighted by Gasteiger charge is 2.36. The van der Waals surface area contributed by atoms with Gasteiger partial charge in [0, 0.05) is 9.75 Å². The Kier molecular flexibility index (Phi) is 19.5. The van der Waals surface area contributed by atoms with E-state index in [1.807, 2.05) is 100.0 Å². The number of nitrogens with zero attached hydrogens (tertiary/aromatic N) is 2. The summed E-state index contributed by atoms with van der Waals surface area (Å²) in [6.45, 7) is 19.6. The van der Waals surface area contributed by atoms with Crippen LogP contribution in [0.1, 0.15) is 144 Å². The molecule has 0 radical (unpaired) electrons. The molecule has 6 N–H and O–H groups in total. The molecule has 0 bridgehead atoms. The number of thiophene rings is 2. The molecule has 0 spiro atoms. The third-order valence-electron chi connectivity index (χ3n) is 13.3. The SMILES string of the molecule is C.Cc1cc(C(=O)[O-])sc1CC[C@H]1Cc2c([nH+]c(NC(=O)C(C)(C)C)[nH]c2=O)N([C@H](C)c2ccccc2)C1.Cc1cc(C(=O)[O-])sc1CCc1cc2c(=O)[nH]c(NC(=O)C(C)(C)C)[nH+]c2[n+]([C@H](C)c2ccccc2)c1.[Cl-]. The summed E-state index contributed by atoms with van der Waals surface area (Å²) in [4.78, 5) is 90.9. The minimum absolute atomic E-state index is 0. The molecule has 0 aliphatic carbocycles. The molecule has 7 aromatic rings. The van der Waals surface area contributed by atoms with Crippen LogP contribution in [0.4, 0.5) is 17.7 Å². The lowest BCUT2D eigenvalue weighted by atomic mass is 9.89. The first-order valence-electron chi connectivity index (χ1n) is 24.7. The number of hydrogen-bond acceptors (Lipinski definition) is 11. The quantitative estimate of drug-likeness (QED) is 0.116. The molecule has 19 heteroatoms. The first kappa shape index (κ1) is 59.9. The molecule has 8 rings (SSSR count). The smallest absolute Gasteiger partial charge is 0.451 e. The van der Waals surface area contributed by atoms with Crippen LogP contribution in [0.5, 0.6) is 0 Å². The predicted octanol–water partition coefficient (Wildman–Crippen LogP) is 3.66. The average molecular weight is 1090 g/mol. The number of pyridine rings is 1. The number of carbonyl (C=O) groups is 4. The number of hydrogen-bond donors (Lipinski definition) is 4. The number of nitrogens with one attached hydrogen (secondary N) is 6. The van der Waals surface area contributed by atoms with E-state index in [-0.39, 0.29) is 82.4 Å². The molecule has 5 aromatic heterocycles. The third kappa shape index (κ3) is 14.3. The van der Waals surface area contributed by atoms with Crippen LogP contribution in [0.2, 0.25) is 0 Å². The van der Waals surface area contributed by atoms with Crippen LogP contribution >= 0.6 is 22.7 Å². The summed E-state index contributed by atoms with van der Waals surface area (Å²) in [5, 5.41) is 28.6. The van der Waals surface area contributed by atoms with Crippen molar-refractivity contribution < 1.29 is 56.3 Å². The number of halogens is 1. The molecule has 1 aliphatic rings. The molecule has 0 fully saturated rings. The number of fused-ring (bicyclic) bond motifs is 2. The lowest BCUT2D eigenvalue weighted by Crippen LogP contribution is -3.00. The van der Waals surface area contributed by atoms with Gasteiger partial charge in [0.05, 0.1) is 56.9 Å². The highest BCUT2D eigenvalue weighted by atomic mass is 35.5. The highest BCUT2D eigenvalue weighted by Crippen LogP contribution is 2.35.